The van der Waals surface area contributed by atoms with Crippen LogP contribution < -0.4 is 5.32 Å². The maximum absolute atomic E-state index is 12.2. The number of nitrogens with zero attached hydrogens (tertiary/aromatic N) is 2. The van der Waals surface area contributed by atoms with Gasteiger partial charge in [0.1, 0.15) is 0 Å². The van der Waals surface area contributed by atoms with Crippen molar-refractivity contribution < 1.29 is 14.3 Å². The second-order valence-corrected chi connectivity index (χ2v) is 8.21. The van der Waals surface area contributed by atoms with Crippen LogP contribution in [0.3, 0.4) is 0 Å². The Morgan fingerprint density at radius 1 is 1.20 bits per heavy atom. The predicted molar refractivity (Wildman–Crippen MR) is 117 cm³/mol. The molecule has 30 heavy (non-hydrogen) atoms. The maximum Gasteiger partial charge on any atom is 0.331 e. The first kappa shape index (κ1) is 21.8. The molecule has 0 radical (unpaired) electrons. The van der Waals surface area contributed by atoms with Gasteiger partial charge in [-0.2, -0.15) is 5.10 Å². The normalized spacial score (nSPS) is 21.5. The topological polar surface area (TPSA) is 73.2 Å². The van der Waals surface area contributed by atoms with Crippen molar-refractivity contribution in [2.75, 3.05) is 6.61 Å². The van der Waals surface area contributed by atoms with Crippen molar-refractivity contribution in [3.63, 3.8) is 0 Å². The second-order valence-electron chi connectivity index (χ2n) is 8.21. The summed E-state index contributed by atoms with van der Waals surface area (Å²) in [7, 11) is 0. The van der Waals surface area contributed by atoms with E-state index in [-0.39, 0.29) is 18.6 Å². The predicted octanol–water partition coefficient (Wildman–Crippen LogP) is 3.99. The highest BCUT2D eigenvalue weighted by molar-refractivity contribution is 5.89. The van der Waals surface area contributed by atoms with E-state index in [2.05, 4.69) is 24.3 Å². The third-order valence-electron chi connectivity index (χ3n) is 6.13. The van der Waals surface area contributed by atoms with Gasteiger partial charge in [0.05, 0.1) is 11.4 Å². The lowest BCUT2D eigenvalue weighted by atomic mass is 9.78. The number of hydrogen-bond acceptors (Lipinski definition) is 4. The van der Waals surface area contributed by atoms with Crippen molar-refractivity contribution in [3.05, 3.63) is 53.4 Å². The summed E-state index contributed by atoms with van der Waals surface area (Å²) < 4.78 is 6.98. The lowest BCUT2D eigenvalue weighted by Crippen LogP contribution is -2.45. The van der Waals surface area contributed by atoms with E-state index < -0.39 is 5.97 Å². The van der Waals surface area contributed by atoms with Crippen LogP contribution in [0.1, 0.15) is 50.1 Å². The van der Waals surface area contributed by atoms with Crippen LogP contribution in [0.4, 0.5) is 0 Å². The number of nitrogens with one attached hydrogen (secondary N) is 1. The van der Waals surface area contributed by atoms with Gasteiger partial charge in [0.25, 0.3) is 5.91 Å². The third kappa shape index (κ3) is 5.17. The highest BCUT2D eigenvalue weighted by Gasteiger charge is 2.28. The van der Waals surface area contributed by atoms with Crippen LogP contribution in [0.25, 0.3) is 11.8 Å². The molecule has 3 rings (SSSR count). The Morgan fingerprint density at radius 3 is 2.67 bits per heavy atom. The van der Waals surface area contributed by atoms with E-state index in [1.165, 1.54) is 12.5 Å². The molecule has 0 bridgehead atoms. The number of ether oxygens (including phenoxy) is 1. The summed E-state index contributed by atoms with van der Waals surface area (Å²) >= 11 is 0. The average Bonchev–Trinajstić information content (AvgIpc) is 3.02. The number of rotatable bonds is 6. The Hall–Kier alpha value is -2.89. The molecule has 1 aromatic carbocycles. The molecule has 6 heteroatoms. The van der Waals surface area contributed by atoms with Crippen LogP contribution in [-0.2, 0) is 14.3 Å². The number of aryl methyl sites for hydroxylation is 1. The molecule has 6 nitrogen and oxygen atoms in total. The number of hydrogen-bond donors (Lipinski definition) is 1. The van der Waals surface area contributed by atoms with Gasteiger partial charge >= 0.3 is 5.97 Å². The molecule has 0 unspecified atom stereocenters. The van der Waals surface area contributed by atoms with Crippen molar-refractivity contribution in [3.8, 4) is 5.69 Å². The molecule has 1 heterocycles. The lowest BCUT2D eigenvalue weighted by molar-refractivity contribution is -0.144. The zero-order valence-electron chi connectivity index (χ0n) is 18.2. The monoisotopic (exact) mass is 409 g/mol. The highest BCUT2D eigenvalue weighted by atomic mass is 16.5. The standard InChI is InChI=1S/C24H31N3O3/c1-16-9-8-12-22(17(16)2)25-23(28)15-30-24(29)14-13-21-18(3)26-27(19(21)4)20-10-6-5-7-11-20/h5-7,10-11,13-14,16-17,22H,8-9,12,15H2,1-4H3,(H,25,28)/b14-13+/t16-,17-,22-/m0/s1. The van der Waals surface area contributed by atoms with Gasteiger partial charge in [0.15, 0.2) is 6.61 Å². The Kier molecular flexibility index (Phi) is 7.08. The molecular formula is C24H31N3O3. The van der Waals surface area contributed by atoms with E-state index in [9.17, 15) is 9.59 Å². The third-order valence-corrected chi connectivity index (χ3v) is 6.13. The van der Waals surface area contributed by atoms with E-state index in [4.69, 9.17) is 4.74 Å². The van der Waals surface area contributed by atoms with Gasteiger partial charge in [-0.05, 0) is 50.3 Å². The van der Waals surface area contributed by atoms with E-state index in [0.29, 0.717) is 11.8 Å². The summed E-state index contributed by atoms with van der Waals surface area (Å²) in [5.41, 5.74) is 3.58. The first-order valence-electron chi connectivity index (χ1n) is 10.6. The lowest BCUT2D eigenvalue weighted by Gasteiger charge is -2.34. The molecule has 1 amide bonds. The van der Waals surface area contributed by atoms with Crippen LogP contribution in [0.5, 0.6) is 0 Å². The van der Waals surface area contributed by atoms with Crippen LogP contribution in [0, 0.1) is 25.7 Å². The van der Waals surface area contributed by atoms with Gasteiger partial charge in [0.2, 0.25) is 0 Å². The zero-order valence-corrected chi connectivity index (χ0v) is 18.2. The SMILES string of the molecule is Cc1nn(-c2ccccc2)c(C)c1/C=C/C(=O)OCC(=O)N[C@H]1CCC[C@H](C)[C@@H]1C. The first-order valence-corrected chi connectivity index (χ1v) is 10.6. The number of benzene rings is 1. The van der Waals surface area contributed by atoms with Crippen molar-refractivity contribution in [2.45, 2.75) is 53.0 Å². The van der Waals surface area contributed by atoms with Crippen molar-refractivity contribution in [2.24, 2.45) is 11.8 Å². The fourth-order valence-electron chi connectivity index (χ4n) is 4.09. The fourth-order valence-corrected chi connectivity index (χ4v) is 4.09. The molecule has 2 aromatic rings. The van der Waals surface area contributed by atoms with Crippen molar-refractivity contribution in [1.29, 1.82) is 0 Å². The van der Waals surface area contributed by atoms with Crippen LogP contribution in [0.15, 0.2) is 36.4 Å². The van der Waals surface area contributed by atoms with Gasteiger partial charge in [-0.15, -0.1) is 0 Å². The summed E-state index contributed by atoms with van der Waals surface area (Å²) in [6.45, 7) is 7.98. The largest absolute Gasteiger partial charge is 0.452 e. The van der Waals surface area contributed by atoms with Crippen LogP contribution in [-0.4, -0.2) is 34.3 Å². The van der Waals surface area contributed by atoms with Crippen LogP contribution >= 0.6 is 0 Å². The number of para-hydroxylation sites is 1. The molecule has 0 saturated heterocycles. The summed E-state index contributed by atoms with van der Waals surface area (Å²) in [5.74, 6) is 0.247. The quantitative estimate of drug-likeness (QED) is 0.578. The minimum Gasteiger partial charge on any atom is -0.452 e. The van der Waals surface area contributed by atoms with E-state index >= 15 is 0 Å². The molecule has 1 saturated carbocycles. The Morgan fingerprint density at radius 2 is 1.93 bits per heavy atom. The summed E-state index contributed by atoms with van der Waals surface area (Å²) in [6, 6.07) is 9.99. The zero-order chi connectivity index (χ0) is 21.7. The van der Waals surface area contributed by atoms with Crippen molar-refractivity contribution in [1.82, 2.24) is 15.1 Å². The van der Waals surface area contributed by atoms with E-state index in [1.807, 2.05) is 48.9 Å². The minimum absolute atomic E-state index is 0.157. The molecule has 160 valence electrons. The summed E-state index contributed by atoms with van der Waals surface area (Å²) in [5, 5.41) is 7.57. The van der Waals surface area contributed by atoms with Crippen LogP contribution in [0.2, 0.25) is 0 Å². The molecule has 1 aromatic heterocycles. The number of amides is 1. The Labute approximate surface area is 178 Å². The first-order chi connectivity index (χ1) is 14.4. The fraction of sp³-hybridized carbons (Fsp3) is 0.458. The molecule has 3 atom stereocenters. The maximum atomic E-state index is 12.2. The second kappa shape index (κ2) is 9.74. The molecule has 1 N–H and O–H groups in total. The van der Waals surface area contributed by atoms with Gasteiger partial charge in [-0.25, -0.2) is 9.48 Å². The van der Waals surface area contributed by atoms with E-state index in [0.717, 1.165) is 35.5 Å². The molecule has 1 aliphatic carbocycles. The number of esters is 1. The number of aromatic nitrogens is 2. The molecule has 1 aliphatic rings. The smallest absolute Gasteiger partial charge is 0.331 e. The Balaban J connectivity index is 1.55. The molecular weight excluding hydrogens is 378 g/mol. The highest BCUT2D eigenvalue weighted by Crippen LogP contribution is 2.29. The average molecular weight is 410 g/mol. The molecule has 0 spiro atoms. The van der Waals surface area contributed by atoms with Gasteiger partial charge in [-0.3, -0.25) is 4.79 Å². The van der Waals surface area contributed by atoms with E-state index in [1.54, 1.807) is 6.08 Å². The summed E-state index contributed by atoms with van der Waals surface area (Å²) in [6.07, 6.45) is 6.35. The van der Waals surface area contributed by atoms with Gasteiger partial charge in [0, 0.05) is 23.4 Å². The summed E-state index contributed by atoms with van der Waals surface area (Å²) in [4.78, 5) is 24.3. The Bertz CT molecular complexity index is 917. The minimum atomic E-state index is -0.540. The molecule has 0 aliphatic heterocycles. The number of carbonyl (C=O) groups excluding carboxylic acids is 2. The molecule has 1 fully saturated rings. The van der Waals surface area contributed by atoms with Gasteiger partial charge < -0.3 is 10.1 Å². The number of carbonyl (C=O) groups is 2. The van der Waals surface area contributed by atoms with Crippen molar-refractivity contribution >= 4 is 18.0 Å². The van der Waals surface area contributed by atoms with Gasteiger partial charge in [-0.1, -0.05) is 44.9 Å².